The van der Waals surface area contributed by atoms with Crippen LogP contribution in [-0.4, -0.2) is 31.2 Å². The van der Waals surface area contributed by atoms with Gasteiger partial charge in [0, 0.05) is 44.0 Å². The first-order chi connectivity index (χ1) is 9.00. The van der Waals surface area contributed by atoms with Crippen molar-refractivity contribution in [1.82, 2.24) is 10.3 Å². The maximum Gasteiger partial charge on any atom is 0.419 e. The molecule has 112 valence electrons. The van der Waals surface area contributed by atoms with Gasteiger partial charge in [0.2, 0.25) is 0 Å². The Morgan fingerprint density at radius 1 is 1.30 bits per heavy atom. The minimum Gasteiger partial charge on any atom is -0.370 e. The Labute approximate surface area is 122 Å². The molecule has 2 aliphatic heterocycles. The summed E-state index contributed by atoms with van der Waals surface area (Å²) in [6, 6.07) is 1.48. The van der Waals surface area contributed by atoms with E-state index in [1.54, 1.807) is 0 Å². The van der Waals surface area contributed by atoms with Crippen molar-refractivity contribution in [3.63, 3.8) is 0 Å². The summed E-state index contributed by atoms with van der Waals surface area (Å²) in [5.41, 5.74) is -0.183. The molecule has 3 rings (SSSR count). The molecule has 0 atom stereocenters. The number of pyridine rings is 1. The average molecular weight is 308 g/mol. The molecule has 1 spiro atoms. The second-order valence-electron chi connectivity index (χ2n) is 5.52. The van der Waals surface area contributed by atoms with Gasteiger partial charge in [-0.1, -0.05) is 0 Å². The zero-order valence-corrected chi connectivity index (χ0v) is 11.7. The number of hydrogen-bond donors (Lipinski definition) is 1. The highest BCUT2D eigenvalue weighted by atomic mass is 35.5. The van der Waals surface area contributed by atoms with Gasteiger partial charge >= 0.3 is 6.18 Å². The van der Waals surface area contributed by atoms with Crippen LogP contribution in [0.3, 0.4) is 0 Å². The molecule has 0 amide bonds. The predicted molar refractivity (Wildman–Crippen MR) is 73.2 cm³/mol. The molecule has 3 heterocycles. The maximum atomic E-state index is 13.0. The Hall–Kier alpha value is -1.01. The zero-order valence-electron chi connectivity index (χ0n) is 10.9. The molecule has 0 aliphatic carbocycles. The lowest BCUT2D eigenvalue weighted by atomic mass is 9.75. The highest BCUT2D eigenvalue weighted by Gasteiger charge is 2.42. The van der Waals surface area contributed by atoms with E-state index in [0.29, 0.717) is 13.1 Å². The van der Waals surface area contributed by atoms with Gasteiger partial charge < -0.3 is 10.2 Å². The quantitative estimate of drug-likeness (QED) is 0.864. The van der Waals surface area contributed by atoms with Crippen LogP contribution in [0.25, 0.3) is 0 Å². The Morgan fingerprint density at radius 3 is 2.65 bits per heavy atom. The lowest BCUT2D eigenvalue weighted by Crippen LogP contribution is -2.61. The largest absolute Gasteiger partial charge is 0.419 e. The Bertz CT molecular complexity index is 474. The van der Waals surface area contributed by atoms with Crippen molar-refractivity contribution < 1.29 is 13.2 Å². The summed E-state index contributed by atoms with van der Waals surface area (Å²) in [6.07, 6.45) is 0.0663. The fourth-order valence-electron chi connectivity index (χ4n) is 3.06. The minimum absolute atomic E-state index is 0. The van der Waals surface area contributed by atoms with Crippen LogP contribution >= 0.6 is 12.4 Å². The highest BCUT2D eigenvalue weighted by molar-refractivity contribution is 5.85. The standard InChI is InChI=1S/C13H16F3N3.ClH/c14-13(15,16)10-6-17-4-2-11(10)19-5-1-3-12(9-19)7-18-8-12;/h2,4,6,18H,1,3,5,7-9H2;1H. The third-order valence-corrected chi connectivity index (χ3v) is 4.11. The van der Waals surface area contributed by atoms with E-state index in [0.717, 1.165) is 32.1 Å². The molecule has 3 nitrogen and oxygen atoms in total. The van der Waals surface area contributed by atoms with E-state index in [4.69, 9.17) is 0 Å². The third-order valence-electron chi connectivity index (χ3n) is 4.11. The molecule has 0 unspecified atom stereocenters. The molecule has 0 aromatic carbocycles. The van der Waals surface area contributed by atoms with Gasteiger partial charge in [0.1, 0.15) is 0 Å². The zero-order chi connectivity index (χ0) is 13.5. The molecule has 1 aromatic heterocycles. The first-order valence-electron chi connectivity index (χ1n) is 6.47. The van der Waals surface area contributed by atoms with Crippen molar-refractivity contribution in [1.29, 1.82) is 0 Å². The van der Waals surface area contributed by atoms with Crippen molar-refractivity contribution in [2.24, 2.45) is 5.41 Å². The fraction of sp³-hybridized carbons (Fsp3) is 0.615. The molecular weight excluding hydrogens is 291 g/mol. The first-order valence-corrected chi connectivity index (χ1v) is 6.47. The van der Waals surface area contributed by atoms with E-state index in [9.17, 15) is 13.2 Å². The minimum atomic E-state index is -4.34. The number of alkyl halides is 3. The summed E-state index contributed by atoms with van der Waals surface area (Å²) in [4.78, 5) is 5.49. The van der Waals surface area contributed by atoms with E-state index in [2.05, 4.69) is 10.3 Å². The van der Waals surface area contributed by atoms with Gasteiger partial charge in [0.15, 0.2) is 0 Å². The van der Waals surface area contributed by atoms with Crippen LogP contribution in [-0.2, 0) is 6.18 Å². The summed E-state index contributed by atoms with van der Waals surface area (Å²) in [7, 11) is 0. The van der Waals surface area contributed by atoms with Gasteiger partial charge in [-0.2, -0.15) is 13.2 Å². The van der Waals surface area contributed by atoms with E-state index < -0.39 is 11.7 Å². The second kappa shape index (κ2) is 5.41. The number of nitrogens with zero attached hydrogens (tertiary/aromatic N) is 2. The molecular formula is C13H17ClF3N3. The summed E-state index contributed by atoms with van der Waals surface area (Å²) < 4.78 is 39.0. The third kappa shape index (κ3) is 2.72. The number of anilines is 1. The SMILES string of the molecule is Cl.FC(F)(F)c1cnccc1N1CCCC2(CNC2)C1. The van der Waals surface area contributed by atoms with E-state index >= 15 is 0 Å². The molecule has 2 saturated heterocycles. The first kappa shape index (κ1) is 15.4. The molecule has 1 aromatic rings. The Kier molecular flexibility index (Phi) is 4.16. The molecule has 1 N–H and O–H groups in total. The smallest absolute Gasteiger partial charge is 0.370 e. The van der Waals surface area contributed by atoms with Crippen molar-refractivity contribution in [3.05, 3.63) is 24.0 Å². The van der Waals surface area contributed by atoms with Crippen molar-refractivity contribution >= 4 is 18.1 Å². The molecule has 20 heavy (non-hydrogen) atoms. The van der Waals surface area contributed by atoms with Crippen LogP contribution in [0, 0.1) is 5.41 Å². The number of rotatable bonds is 1. The summed E-state index contributed by atoms with van der Waals surface area (Å²) in [5.74, 6) is 0. The molecule has 2 fully saturated rings. The van der Waals surface area contributed by atoms with Crippen LogP contribution in [0.1, 0.15) is 18.4 Å². The lowest BCUT2D eigenvalue weighted by molar-refractivity contribution is -0.137. The van der Waals surface area contributed by atoms with Gasteiger partial charge in [0.05, 0.1) is 11.3 Å². The van der Waals surface area contributed by atoms with E-state index in [1.807, 2.05) is 4.90 Å². The molecule has 7 heteroatoms. The van der Waals surface area contributed by atoms with Gasteiger partial charge in [-0.25, -0.2) is 0 Å². The van der Waals surface area contributed by atoms with Crippen LogP contribution in [0.15, 0.2) is 18.5 Å². The normalized spacial score (nSPS) is 21.2. The van der Waals surface area contributed by atoms with Crippen molar-refractivity contribution in [2.45, 2.75) is 19.0 Å². The number of halogens is 4. The number of piperidine rings is 1. The van der Waals surface area contributed by atoms with E-state index in [-0.39, 0.29) is 23.5 Å². The molecule has 2 aliphatic rings. The van der Waals surface area contributed by atoms with Gasteiger partial charge in [-0.15, -0.1) is 12.4 Å². The van der Waals surface area contributed by atoms with Gasteiger partial charge in [-0.3, -0.25) is 4.98 Å². The van der Waals surface area contributed by atoms with Crippen LogP contribution in [0.2, 0.25) is 0 Å². The maximum absolute atomic E-state index is 13.0. The van der Waals surface area contributed by atoms with Crippen molar-refractivity contribution in [2.75, 3.05) is 31.1 Å². The Morgan fingerprint density at radius 2 is 2.05 bits per heavy atom. The summed E-state index contributed by atoms with van der Waals surface area (Å²) in [6.45, 7) is 3.22. The summed E-state index contributed by atoms with van der Waals surface area (Å²) in [5, 5.41) is 3.23. The topological polar surface area (TPSA) is 28.2 Å². The van der Waals surface area contributed by atoms with E-state index in [1.165, 1.54) is 12.3 Å². The highest BCUT2D eigenvalue weighted by Crippen LogP contribution is 2.40. The summed E-state index contributed by atoms with van der Waals surface area (Å²) >= 11 is 0. The average Bonchev–Trinajstić information content (AvgIpc) is 2.36. The van der Waals surface area contributed by atoms with Gasteiger partial charge in [-0.05, 0) is 18.9 Å². The van der Waals surface area contributed by atoms with Crippen LogP contribution in [0.5, 0.6) is 0 Å². The molecule has 0 bridgehead atoms. The number of hydrogen-bond acceptors (Lipinski definition) is 3. The second-order valence-corrected chi connectivity index (χ2v) is 5.52. The lowest BCUT2D eigenvalue weighted by Gasteiger charge is -2.50. The molecule has 0 saturated carbocycles. The molecule has 0 radical (unpaired) electrons. The number of nitrogens with one attached hydrogen (secondary N) is 1. The predicted octanol–water partition coefficient (Wildman–Crippen LogP) is 2.71. The van der Waals surface area contributed by atoms with Gasteiger partial charge in [0.25, 0.3) is 0 Å². The van der Waals surface area contributed by atoms with Crippen LogP contribution in [0.4, 0.5) is 18.9 Å². The van der Waals surface area contributed by atoms with Crippen molar-refractivity contribution in [3.8, 4) is 0 Å². The van der Waals surface area contributed by atoms with Crippen LogP contribution < -0.4 is 10.2 Å². The fourth-order valence-corrected chi connectivity index (χ4v) is 3.06. The monoisotopic (exact) mass is 307 g/mol. The Balaban J connectivity index is 0.00000147. The number of aromatic nitrogens is 1.